The molecule has 0 saturated heterocycles. The Bertz CT molecular complexity index is 937. The Hall–Kier alpha value is -2.05. The van der Waals surface area contributed by atoms with Crippen molar-refractivity contribution in [2.45, 2.75) is 26.6 Å². The Kier molecular flexibility index (Phi) is 5.25. The molecule has 0 N–H and O–H groups in total. The molecule has 0 aliphatic carbocycles. The molecule has 0 fully saturated rings. The number of rotatable bonds is 4. The van der Waals surface area contributed by atoms with E-state index in [2.05, 4.69) is 10.4 Å². The fourth-order valence-corrected chi connectivity index (χ4v) is 3.64. The van der Waals surface area contributed by atoms with Gasteiger partial charge >= 0.3 is 6.18 Å². The van der Waals surface area contributed by atoms with Crippen molar-refractivity contribution in [3.8, 4) is 16.2 Å². The first-order chi connectivity index (χ1) is 12.3. The average molecular weight is 397 g/mol. The summed E-state index contributed by atoms with van der Waals surface area (Å²) in [6.45, 7) is 3.65. The highest BCUT2D eigenvalue weighted by Gasteiger charge is 2.31. The molecule has 135 valence electrons. The van der Waals surface area contributed by atoms with E-state index in [0.29, 0.717) is 11.1 Å². The van der Waals surface area contributed by atoms with E-state index < -0.39 is 11.7 Å². The topological polar surface area (TPSA) is 22.1 Å². The van der Waals surface area contributed by atoms with Crippen molar-refractivity contribution in [1.82, 2.24) is 4.37 Å². The van der Waals surface area contributed by atoms with Crippen LogP contribution in [0.5, 0.6) is 5.75 Å². The van der Waals surface area contributed by atoms with Crippen LogP contribution < -0.4 is 4.74 Å². The molecular formula is C19H14ClF3NOS. The van der Waals surface area contributed by atoms with Crippen molar-refractivity contribution in [3.05, 3.63) is 69.9 Å². The van der Waals surface area contributed by atoms with Crippen LogP contribution in [0.2, 0.25) is 5.15 Å². The molecule has 1 heterocycles. The summed E-state index contributed by atoms with van der Waals surface area (Å²) in [5.74, 6) is 0.0535. The van der Waals surface area contributed by atoms with Crippen LogP contribution in [0.3, 0.4) is 0 Å². The minimum absolute atomic E-state index is 0.0116. The third-order valence-corrected chi connectivity index (χ3v) is 5.24. The van der Waals surface area contributed by atoms with Crippen molar-refractivity contribution in [2.75, 3.05) is 0 Å². The van der Waals surface area contributed by atoms with E-state index in [-0.39, 0.29) is 17.5 Å². The molecule has 3 rings (SSSR count). The van der Waals surface area contributed by atoms with Gasteiger partial charge in [-0.2, -0.15) is 17.5 Å². The van der Waals surface area contributed by atoms with Gasteiger partial charge in [-0.05, 0) is 48.1 Å². The Balaban J connectivity index is 1.90. The summed E-state index contributed by atoms with van der Waals surface area (Å²) in [5.41, 5.74) is 2.37. The van der Waals surface area contributed by atoms with Crippen LogP contribution in [0.15, 0.2) is 36.4 Å². The van der Waals surface area contributed by atoms with Gasteiger partial charge in [-0.15, -0.1) is 0 Å². The first kappa shape index (κ1) is 18.7. The number of hydrogen-bond donors (Lipinski definition) is 0. The van der Waals surface area contributed by atoms with E-state index in [1.807, 2.05) is 31.2 Å². The first-order valence-electron chi connectivity index (χ1n) is 7.70. The van der Waals surface area contributed by atoms with Crippen LogP contribution in [0.25, 0.3) is 10.4 Å². The molecule has 2 nitrogen and oxygen atoms in total. The fourth-order valence-electron chi connectivity index (χ4n) is 2.46. The van der Waals surface area contributed by atoms with Gasteiger partial charge < -0.3 is 4.74 Å². The highest BCUT2D eigenvalue weighted by Crippen LogP contribution is 2.37. The van der Waals surface area contributed by atoms with E-state index in [4.69, 9.17) is 16.3 Å². The van der Waals surface area contributed by atoms with Gasteiger partial charge in [0.1, 0.15) is 17.5 Å². The number of nitrogens with zero attached hydrogens (tertiary/aromatic N) is 1. The van der Waals surface area contributed by atoms with Crippen molar-refractivity contribution in [3.63, 3.8) is 0 Å². The van der Waals surface area contributed by atoms with E-state index in [9.17, 15) is 13.2 Å². The Morgan fingerprint density at radius 2 is 1.85 bits per heavy atom. The molecule has 1 aromatic heterocycles. The lowest BCUT2D eigenvalue weighted by Gasteiger charge is -2.13. The lowest BCUT2D eigenvalue weighted by Crippen LogP contribution is -2.07. The summed E-state index contributed by atoms with van der Waals surface area (Å²) >= 11 is 7.42. The lowest BCUT2D eigenvalue weighted by molar-refractivity contribution is -0.137. The second kappa shape index (κ2) is 7.29. The molecule has 26 heavy (non-hydrogen) atoms. The van der Waals surface area contributed by atoms with Gasteiger partial charge in [0, 0.05) is 11.6 Å². The van der Waals surface area contributed by atoms with Crippen LogP contribution in [-0.4, -0.2) is 4.37 Å². The van der Waals surface area contributed by atoms with Crippen molar-refractivity contribution >= 4 is 23.1 Å². The molecule has 0 spiro atoms. The number of alkyl halides is 3. The van der Waals surface area contributed by atoms with E-state index in [0.717, 1.165) is 22.1 Å². The van der Waals surface area contributed by atoms with Crippen LogP contribution in [-0.2, 0) is 12.8 Å². The van der Waals surface area contributed by atoms with Crippen LogP contribution in [0.4, 0.5) is 13.2 Å². The predicted octanol–water partition coefficient (Wildman–Crippen LogP) is 6.48. The number of aryl methyl sites for hydroxylation is 2. The summed E-state index contributed by atoms with van der Waals surface area (Å²) in [4.78, 5) is 0.845. The molecule has 0 amide bonds. The highest BCUT2D eigenvalue weighted by atomic mass is 35.5. The standard InChI is InChI=1S/C19H14ClF3NOS/c1-11-5-3-4-6-14(11)17-15(18(20)24-26-17)10-25-16-9-13(19(21,22)23)8-7-12(16)2/h3-8H,10H2,1-2H3. The molecule has 7 heteroatoms. The molecule has 3 aromatic rings. The van der Waals surface area contributed by atoms with Gasteiger partial charge in [-0.25, -0.2) is 0 Å². The molecule has 0 atom stereocenters. The number of ether oxygens (including phenoxy) is 1. The molecule has 0 aliphatic rings. The molecule has 0 unspecified atom stereocenters. The van der Waals surface area contributed by atoms with E-state index >= 15 is 0 Å². The second-order valence-corrected chi connectivity index (χ2v) is 6.90. The van der Waals surface area contributed by atoms with E-state index in [1.165, 1.54) is 17.6 Å². The SMILES string of the molecule is Cc1ccc(C(F)(F)F)[c]c1OCc1c(Cl)nsc1-c1ccccc1C. The summed E-state index contributed by atoms with van der Waals surface area (Å²) in [7, 11) is 0. The van der Waals surface area contributed by atoms with E-state index in [1.54, 1.807) is 6.92 Å². The van der Waals surface area contributed by atoms with Crippen LogP contribution in [0.1, 0.15) is 22.3 Å². The van der Waals surface area contributed by atoms with Crippen molar-refractivity contribution in [2.24, 2.45) is 0 Å². The van der Waals surface area contributed by atoms with Gasteiger partial charge in [0.15, 0.2) is 0 Å². The molecule has 0 bridgehead atoms. The number of aromatic nitrogens is 1. The number of halogens is 4. The maximum absolute atomic E-state index is 12.9. The zero-order valence-corrected chi connectivity index (χ0v) is 15.5. The maximum atomic E-state index is 12.9. The number of hydrogen-bond acceptors (Lipinski definition) is 3. The maximum Gasteiger partial charge on any atom is 0.417 e. The molecule has 0 aliphatic heterocycles. The first-order valence-corrected chi connectivity index (χ1v) is 8.85. The van der Waals surface area contributed by atoms with Gasteiger partial charge in [0.25, 0.3) is 0 Å². The van der Waals surface area contributed by atoms with Gasteiger partial charge in [0.2, 0.25) is 0 Å². The Morgan fingerprint density at radius 3 is 2.54 bits per heavy atom. The molecule has 2 aromatic carbocycles. The zero-order valence-electron chi connectivity index (χ0n) is 13.9. The Morgan fingerprint density at radius 1 is 1.12 bits per heavy atom. The van der Waals surface area contributed by atoms with Gasteiger partial charge in [-0.1, -0.05) is 41.9 Å². The molecule has 0 saturated carbocycles. The largest absolute Gasteiger partial charge is 0.488 e. The Labute approximate surface area is 158 Å². The third kappa shape index (κ3) is 3.86. The van der Waals surface area contributed by atoms with Gasteiger partial charge in [-0.3, -0.25) is 0 Å². The fraction of sp³-hybridized carbons (Fsp3) is 0.211. The predicted molar refractivity (Wildman–Crippen MR) is 96.6 cm³/mol. The van der Waals surface area contributed by atoms with Gasteiger partial charge in [0.05, 0.1) is 10.4 Å². The second-order valence-electron chi connectivity index (χ2n) is 5.77. The van der Waals surface area contributed by atoms with Crippen LogP contribution >= 0.6 is 23.1 Å². The number of benzene rings is 2. The van der Waals surface area contributed by atoms with Crippen molar-refractivity contribution < 1.29 is 17.9 Å². The summed E-state index contributed by atoms with van der Waals surface area (Å²) < 4.78 is 48.5. The summed E-state index contributed by atoms with van der Waals surface area (Å²) in [6.07, 6.45) is -4.47. The van der Waals surface area contributed by atoms with Crippen LogP contribution in [0, 0.1) is 19.9 Å². The smallest absolute Gasteiger partial charge is 0.417 e. The molecular weight excluding hydrogens is 383 g/mol. The minimum Gasteiger partial charge on any atom is -0.488 e. The molecule has 1 radical (unpaired) electrons. The minimum atomic E-state index is -4.47. The third-order valence-electron chi connectivity index (χ3n) is 3.90. The quantitative estimate of drug-likeness (QED) is 0.503. The normalized spacial score (nSPS) is 11.6. The highest BCUT2D eigenvalue weighted by molar-refractivity contribution is 7.10. The van der Waals surface area contributed by atoms with Crippen molar-refractivity contribution in [1.29, 1.82) is 0 Å². The summed E-state index contributed by atoms with van der Waals surface area (Å²) in [5, 5.41) is 0.290. The zero-order chi connectivity index (χ0) is 18.9. The average Bonchev–Trinajstić information content (AvgIpc) is 2.94. The monoisotopic (exact) mass is 396 g/mol. The lowest BCUT2D eigenvalue weighted by atomic mass is 10.1. The summed E-state index contributed by atoms with van der Waals surface area (Å²) in [6, 6.07) is 12.4.